The molecule has 1 aromatic carbocycles. The van der Waals surface area contributed by atoms with Gasteiger partial charge in [0.1, 0.15) is 17.5 Å². The van der Waals surface area contributed by atoms with Gasteiger partial charge in [0.2, 0.25) is 5.43 Å². The van der Waals surface area contributed by atoms with Crippen LogP contribution < -0.4 is 15.6 Å². The number of hydrogen-bond donors (Lipinski definition) is 2. The molecule has 3 aliphatic carbocycles. The molecular weight excluding hydrogens is 593 g/mol. The summed E-state index contributed by atoms with van der Waals surface area (Å²) in [6.07, 6.45) is 14.1. The Hall–Kier alpha value is -3.49. The van der Waals surface area contributed by atoms with Crippen molar-refractivity contribution in [3.8, 4) is 0 Å². The van der Waals surface area contributed by atoms with Crippen molar-refractivity contribution in [2.45, 2.75) is 98.3 Å². The first-order valence-corrected chi connectivity index (χ1v) is 17.2. The molecule has 2 atom stereocenters. The van der Waals surface area contributed by atoms with Gasteiger partial charge in [-0.2, -0.15) is 0 Å². The van der Waals surface area contributed by atoms with Crippen molar-refractivity contribution >= 4 is 22.6 Å². The average Bonchev–Trinajstić information content (AvgIpc) is 3.83. The summed E-state index contributed by atoms with van der Waals surface area (Å²) in [5.74, 6) is -1.08. The highest BCUT2D eigenvalue weighted by atomic mass is 19.1. The minimum atomic E-state index is -0.641. The van der Waals surface area contributed by atoms with Gasteiger partial charge in [-0.25, -0.2) is 9.18 Å². The van der Waals surface area contributed by atoms with Crippen molar-refractivity contribution in [1.29, 1.82) is 0 Å². The summed E-state index contributed by atoms with van der Waals surface area (Å²) in [5.41, 5.74) is 5.22. The van der Waals surface area contributed by atoms with E-state index >= 15 is 4.39 Å². The molecule has 2 N–H and O–H groups in total. The van der Waals surface area contributed by atoms with Gasteiger partial charge >= 0.3 is 5.97 Å². The third kappa shape index (κ3) is 6.91. The maximum atomic E-state index is 15.4. The monoisotopic (exact) mass is 643 g/mol. The number of nitrogens with one attached hydrogen (secondary N) is 1. The number of aliphatic hydroxyl groups excluding tert-OH is 1. The van der Waals surface area contributed by atoms with Crippen LogP contribution in [0.4, 0.5) is 10.1 Å². The number of aromatic nitrogens is 1. The predicted molar refractivity (Wildman–Crippen MR) is 186 cm³/mol. The van der Waals surface area contributed by atoms with Crippen LogP contribution in [-0.2, 0) is 4.74 Å². The SMILES string of the molecule is CC1=C(/C=C/C=C/C2=C(C)C[C@@H](OC(=O)c3cn(C4CC4)c4cc(N5CCNCC5)c(F)cc4c3=O)CC2(C)C)C(C)(C)C[C@H](O)C1. The molecule has 1 saturated carbocycles. The van der Waals surface area contributed by atoms with E-state index in [1.54, 1.807) is 12.3 Å². The molecule has 47 heavy (non-hydrogen) atoms. The van der Waals surface area contributed by atoms with Gasteiger partial charge in [-0.1, -0.05) is 63.1 Å². The van der Waals surface area contributed by atoms with E-state index in [2.05, 4.69) is 71.2 Å². The summed E-state index contributed by atoms with van der Waals surface area (Å²) in [4.78, 5) is 29.3. The molecule has 252 valence electrons. The number of esters is 1. The fraction of sp³-hybridized carbons (Fsp3) is 0.538. The van der Waals surface area contributed by atoms with Crippen LogP contribution in [0.5, 0.6) is 0 Å². The molecule has 6 rings (SSSR count). The van der Waals surface area contributed by atoms with Crippen LogP contribution in [0.25, 0.3) is 10.9 Å². The van der Waals surface area contributed by atoms with Gasteiger partial charge < -0.3 is 24.6 Å². The first-order chi connectivity index (χ1) is 22.2. The number of allylic oxidation sites excluding steroid dienone is 6. The highest BCUT2D eigenvalue weighted by Gasteiger charge is 2.36. The molecule has 0 bridgehead atoms. The Morgan fingerprint density at radius 1 is 0.979 bits per heavy atom. The van der Waals surface area contributed by atoms with E-state index < -0.39 is 17.2 Å². The van der Waals surface area contributed by atoms with Crippen LogP contribution in [-0.4, -0.2) is 54.0 Å². The Balaban J connectivity index is 1.21. The number of aliphatic hydroxyl groups is 1. The van der Waals surface area contributed by atoms with Crippen molar-refractivity contribution in [1.82, 2.24) is 9.88 Å². The molecule has 0 amide bonds. The molecule has 1 aliphatic heterocycles. The minimum Gasteiger partial charge on any atom is -0.458 e. The second kappa shape index (κ2) is 12.8. The summed E-state index contributed by atoms with van der Waals surface area (Å²) >= 11 is 0. The summed E-state index contributed by atoms with van der Waals surface area (Å²) in [6, 6.07) is 3.28. The van der Waals surface area contributed by atoms with Gasteiger partial charge in [-0.05, 0) is 80.1 Å². The second-order valence-corrected chi connectivity index (χ2v) is 15.4. The molecule has 2 fully saturated rings. The van der Waals surface area contributed by atoms with Gasteiger partial charge in [-0.15, -0.1) is 0 Å². The number of carbonyl (C=O) groups excluding carboxylic acids is 1. The minimum absolute atomic E-state index is 0.0308. The molecule has 0 spiro atoms. The highest BCUT2D eigenvalue weighted by molar-refractivity contribution is 5.95. The van der Waals surface area contributed by atoms with E-state index in [1.807, 2.05) is 9.47 Å². The Morgan fingerprint density at radius 2 is 1.60 bits per heavy atom. The van der Waals surface area contributed by atoms with Crippen LogP contribution in [0.1, 0.15) is 96.5 Å². The Morgan fingerprint density at radius 3 is 2.19 bits per heavy atom. The number of benzene rings is 1. The lowest BCUT2D eigenvalue weighted by molar-refractivity contribution is 0.0187. The molecular formula is C39H50FN3O4. The standard InChI is InChI=1S/C39H50FN3O4/c1-24-17-27(44)21-38(3,4)31(24)9-7-8-10-32-25(2)18-28(22-39(32,5)6)47-37(46)30-23-43(26-11-12-26)34-20-35(42-15-13-41-14-16-42)33(40)19-29(34)36(30)45/h7-10,19-20,23,26-28,41,44H,11-18,21-22H2,1-6H3/b9-7+,10-8+/t27-,28-/m1/s1. The quantitative estimate of drug-likeness (QED) is 0.246. The summed E-state index contributed by atoms with van der Waals surface area (Å²) < 4.78 is 23.5. The van der Waals surface area contributed by atoms with E-state index in [0.717, 1.165) is 37.9 Å². The normalized spacial score (nSPS) is 25.0. The zero-order valence-corrected chi connectivity index (χ0v) is 28.8. The summed E-state index contributed by atoms with van der Waals surface area (Å²) in [5, 5.41) is 13.7. The number of anilines is 1. The number of halogens is 1. The first-order valence-electron chi connectivity index (χ1n) is 17.2. The smallest absolute Gasteiger partial charge is 0.343 e. The van der Waals surface area contributed by atoms with Crippen LogP contribution in [0.15, 0.2) is 69.7 Å². The topological polar surface area (TPSA) is 83.8 Å². The number of pyridine rings is 1. The Labute approximate surface area is 277 Å². The van der Waals surface area contributed by atoms with Crippen LogP contribution >= 0.6 is 0 Å². The van der Waals surface area contributed by atoms with E-state index in [-0.39, 0.29) is 40.0 Å². The van der Waals surface area contributed by atoms with Crippen molar-refractivity contribution in [2.24, 2.45) is 10.8 Å². The van der Waals surface area contributed by atoms with Gasteiger partial charge in [0.15, 0.2) is 0 Å². The van der Waals surface area contributed by atoms with Gasteiger partial charge in [0.05, 0.1) is 17.3 Å². The number of ether oxygens (including phenoxy) is 1. The van der Waals surface area contributed by atoms with E-state index in [0.29, 0.717) is 43.6 Å². The molecule has 2 heterocycles. The van der Waals surface area contributed by atoms with Crippen LogP contribution in [0.2, 0.25) is 0 Å². The molecule has 4 aliphatic rings. The number of piperazine rings is 1. The summed E-state index contributed by atoms with van der Waals surface area (Å²) in [7, 11) is 0. The number of fused-ring (bicyclic) bond motifs is 1. The molecule has 1 aromatic heterocycles. The first kappa shape index (κ1) is 33.4. The Bertz CT molecular complexity index is 1750. The molecule has 0 radical (unpaired) electrons. The van der Waals surface area contributed by atoms with Crippen LogP contribution in [0, 0.1) is 16.6 Å². The van der Waals surface area contributed by atoms with Gasteiger partial charge in [0.25, 0.3) is 0 Å². The molecule has 0 unspecified atom stereocenters. The second-order valence-electron chi connectivity index (χ2n) is 15.4. The third-order valence-electron chi connectivity index (χ3n) is 10.6. The van der Waals surface area contributed by atoms with Crippen molar-refractivity contribution in [3.05, 3.63) is 86.5 Å². The van der Waals surface area contributed by atoms with E-state index in [1.165, 1.54) is 22.8 Å². The maximum Gasteiger partial charge on any atom is 0.343 e. The lowest BCUT2D eigenvalue weighted by Gasteiger charge is -2.37. The Kier molecular flexibility index (Phi) is 9.13. The molecule has 8 heteroatoms. The number of rotatable bonds is 7. The zero-order valence-electron chi connectivity index (χ0n) is 28.8. The number of nitrogens with zero attached hydrogens (tertiary/aromatic N) is 2. The van der Waals surface area contributed by atoms with E-state index in [4.69, 9.17) is 4.74 Å². The van der Waals surface area contributed by atoms with Gasteiger partial charge in [-0.3, -0.25) is 4.79 Å². The molecule has 7 nitrogen and oxygen atoms in total. The third-order valence-corrected chi connectivity index (χ3v) is 10.6. The molecule has 1 saturated heterocycles. The highest BCUT2D eigenvalue weighted by Crippen LogP contribution is 2.43. The fourth-order valence-corrected chi connectivity index (χ4v) is 8.24. The lowest BCUT2D eigenvalue weighted by atomic mass is 9.71. The van der Waals surface area contributed by atoms with Gasteiger partial charge in [0, 0.05) is 50.2 Å². The van der Waals surface area contributed by atoms with Crippen molar-refractivity contribution in [3.63, 3.8) is 0 Å². The fourth-order valence-electron chi connectivity index (χ4n) is 8.24. The zero-order chi connectivity index (χ0) is 33.7. The van der Waals surface area contributed by atoms with Crippen LogP contribution in [0.3, 0.4) is 0 Å². The van der Waals surface area contributed by atoms with Crippen molar-refractivity contribution < 1.29 is 19.0 Å². The van der Waals surface area contributed by atoms with Crippen molar-refractivity contribution in [2.75, 3.05) is 31.1 Å². The maximum absolute atomic E-state index is 15.4. The lowest BCUT2D eigenvalue weighted by Crippen LogP contribution is -2.43. The number of hydrogen-bond acceptors (Lipinski definition) is 6. The molecule has 2 aromatic rings. The number of carbonyl (C=O) groups is 1. The van der Waals surface area contributed by atoms with E-state index in [9.17, 15) is 14.7 Å². The average molecular weight is 644 g/mol. The summed E-state index contributed by atoms with van der Waals surface area (Å²) in [6.45, 7) is 15.8. The predicted octanol–water partition coefficient (Wildman–Crippen LogP) is 7.16. The largest absolute Gasteiger partial charge is 0.458 e.